The molecule has 1 heterocycles. The average Bonchev–Trinajstić information content (AvgIpc) is 3.00. The van der Waals surface area contributed by atoms with E-state index in [2.05, 4.69) is 9.71 Å². The normalized spacial score (nSPS) is 12.3. The van der Waals surface area contributed by atoms with E-state index < -0.39 is 21.8 Å². The van der Waals surface area contributed by atoms with Crippen LogP contribution in [0.15, 0.2) is 53.4 Å². The number of aryl methyl sites for hydroxylation is 1. The van der Waals surface area contributed by atoms with Gasteiger partial charge < -0.3 is 0 Å². The number of hydrogen-bond acceptors (Lipinski definition) is 4. The summed E-state index contributed by atoms with van der Waals surface area (Å²) in [7, 11) is -3.81. The van der Waals surface area contributed by atoms with Crippen molar-refractivity contribution in [1.82, 2.24) is 9.71 Å². The molecule has 10 heteroatoms. The van der Waals surface area contributed by atoms with E-state index in [0.29, 0.717) is 21.1 Å². The van der Waals surface area contributed by atoms with Crippen LogP contribution < -0.4 is 4.72 Å². The Balaban J connectivity index is 1.79. The van der Waals surface area contributed by atoms with Crippen molar-refractivity contribution in [2.45, 2.75) is 24.5 Å². The molecule has 0 atom stereocenters. The third-order valence-corrected chi connectivity index (χ3v) is 7.01. The number of nitrogens with zero attached hydrogens (tertiary/aromatic N) is 1. The van der Waals surface area contributed by atoms with E-state index >= 15 is 0 Å². The molecule has 0 aliphatic rings. The zero-order chi connectivity index (χ0) is 20.5. The Labute approximate surface area is 169 Å². The number of nitrogens with one attached hydrogen (secondary N) is 1. The fraction of sp³-hybridized carbons (Fsp3) is 0.167. The van der Waals surface area contributed by atoms with Gasteiger partial charge in [0, 0.05) is 17.0 Å². The van der Waals surface area contributed by atoms with Crippen LogP contribution in [0.1, 0.15) is 16.1 Å². The van der Waals surface area contributed by atoms with Crippen molar-refractivity contribution in [1.29, 1.82) is 0 Å². The Kier molecular flexibility index (Phi) is 5.81. The van der Waals surface area contributed by atoms with Crippen LogP contribution in [0.3, 0.4) is 0 Å². The number of aromatic nitrogens is 1. The predicted octanol–water partition coefficient (Wildman–Crippen LogP) is 5.27. The maximum atomic E-state index is 12.7. The molecule has 0 saturated heterocycles. The lowest BCUT2D eigenvalue weighted by molar-refractivity contribution is -0.137. The first-order valence-electron chi connectivity index (χ1n) is 7.96. The first kappa shape index (κ1) is 20.8. The number of thiazole rings is 1. The molecule has 0 spiro atoms. The van der Waals surface area contributed by atoms with Gasteiger partial charge in [-0.1, -0.05) is 35.9 Å². The van der Waals surface area contributed by atoms with Gasteiger partial charge in [0.15, 0.2) is 0 Å². The second-order valence-corrected chi connectivity index (χ2v) is 9.08. The molecule has 1 aromatic heterocycles. The summed E-state index contributed by atoms with van der Waals surface area (Å²) in [5, 5.41) is 0.625. The standard InChI is InChI=1S/C18H14ClF3N2O2S2/c1-11-15(10-23-28(25,26)16-5-3-2-4-14(16)19)27-17(24-11)12-6-8-13(9-7-12)18(20,21)22/h2-9,23H,10H2,1H3. The van der Waals surface area contributed by atoms with Gasteiger partial charge in [0.1, 0.15) is 9.90 Å². The maximum absolute atomic E-state index is 12.7. The van der Waals surface area contributed by atoms with Crippen molar-refractivity contribution < 1.29 is 21.6 Å². The zero-order valence-corrected chi connectivity index (χ0v) is 16.8. The number of halogens is 4. The van der Waals surface area contributed by atoms with Gasteiger partial charge in [-0.3, -0.25) is 0 Å². The number of benzene rings is 2. The molecule has 0 saturated carbocycles. The molecule has 0 aliphatic heterocycles. The van der Waals surface area contributed by atoms with Gasteiger partial charge in [-0.15, -0.1) is 11.3 Å². The van der Waals surface area contributed by atoms with Crippen LogP contribution in [0.4, 0.5) is 13.2 Å². The van der Waals surface area contributed by atoms with Crippen LogP contribution in [0, 0.1) is 6.92 Å². The molecular formula is C18H14ClF3N2O2S2. The van der Waals surface area contributed by atoms with Crippen molar-refractivity contribution in [3.05, 3.63) is 69.7 Å². The Morgan fingerprint density at radius 1 is 1.11 bits per heavy atom. The topological polar surface area (TPSA) is 59.1 Å². The van der Waals surface area contributed by atoms with E-state index in [0.717, 1.165) is 12.1 Å². The summed E-state index contributed by atoms with van der Waals surface area (Å²) in [4.78, 5) is 4.97. The van der Waals surface area contributed by atoms with Crippen LogP contribution in [0.25, 0.3) is 10.6 Å². The fourth-order valence-electron chi connectivity index (χ4n) is 2.42. The van der Waals surface area contributed by atoms with Crippen molar-refractivity contribution in [2.24, 2.45) is 0 Å². The molecule has 1 N–H and O–H groups in total. The molecule has 3 rings (SSSR count). The molecule has 0 bridgehead atoms. The summed E-state index contributed by atoms with van der Waals surface area (Å²) in [6.07, 6.45) is -4.40. The van der Waals surface area contributed by atoms with E-state index in [1.54, 1.807) is 19.1 Å². The average molecular weight is 447 g/mol. The fourth-order valence-corrected chi connectivity index (χ4v) is 5.03. The summed E-state index contributed by atoms with van der Waals surface area (Å²) >= 11 is 7.16. The minimum atomic E-state index is -4.40. The number of alkyl halides is 3. The molecule has 3 aromatic rings. The highest BCUT2D eigenvalue weighted by Gasteiger charge is 2.30. The Morgan fingerprint density at radius 3 is 2.36 bits per heavy atom. The van der Waals surface area contributed by atoms with E-state index in [4.69, 9.17) is 11.6 Å². The summed E-state index contributed by atoms with van der Waals surface area (Å²) in [6, 6.07) is 10.8. The zero-order valence-electron chi connectivity index (χ0n) is 14.4. The lowest BCUT2D eigenvalue weighted by Crippen LogP contribution is -2.23. The third kappa shape index (κ3) is 4.54. The monoisotopic (exact) mass is 446 g/mol. The van der Waals surface area contributed by atoms with Crippen molar-refractivity contribution in [3.63, 3.8) is 0 Å². The van der Waals surface area contributed by atoms with Crippen LogP contribution in [-0.4, -0.2) is 13.4 Å². The molecule has 0 radical (unpaired) electrons. The molecule has 0 unspecified atom stereocenters. The van der Waals surface area contributed by atoms with E-state index in [-0.39, 0.29) is 16.5 Å². The smallest absolute Gasteiger partial charge is 0.241 e. The molecule has 0 aliphatic carbocycles. The lowest BCUT2D eigenvalue weighted by Gasteiger charge is -2.07. The summed E-state index contributed by atoms with van der Waals surface area (Å²) in [5.74, 6) is 0. The largest absolute Gasteiger partial charge is 0.416 e. The number of hydrogen-bond donors (Lipinski definition) is 1. The summed E-state index contributed by atoms with van der Waals surface area (Å²) in [6.45, 7) is 1.71. The maximum Gasteiger partial charge on any atom is 0.416 e. The first-order chi connectivity index (χ1) is 13.1. The second-order valence-electron chi connectivity index (χ2n) is 5.86. The third-order valence-electron chi connectivity index (χ3n) is 3.90. The lowest BCUT2D eigenvalue weighted by atomic mass is 10.1. The van der Waals surface area contributed by atoms with Gasteiger partial charge >= 0.3 is 6.18 Å². The minimum Gasteiger partial charge on any atom is -0.241 e. The van der Waals surface area contributed by atoms with Crippen LogP contribution in [0.5, 0.6) is 0 Å². The van der Waals surface area contributed by atoms with Gasteiger partial charge in [0.25, 0.3) is 0 Å². The van der Waals surface area contributed by atoms with E-state index in [1.807, 2.05) is 0 Å². The van der Waals surface area contributed by atoms with Crippen LogP contribution in [-0.2, 0) is 22.7 Å². The van der Waals surface area contributed by atoms with Crippen LogP contribution in [0.2, 0.25) is 5.02 Å². The first-order valence-corrected chi connectivity index (χ1v) is 10.6. The molecule has 4 nitrogen and oxygen atoms in total. The van der Waals surface area contributed by atoms with Gasteiger partial charge in [0.2, 0.25) is 10.0 Å². The van der Waals surface area contributed by atoms with E-state index in [1.165, 1.54) is 35.6 Å². The predicted molar refractivity (Wildman–Crippen MR) is 103 cm³/mol. The highest BCUT2D eigenvalue weighted by molar-refractivity contribution is 7.89. The van der Waals surface area contributed by atoms with Gasteiger partial charge in [-0.05, 0) is 31.2 Å². The van der Waals surface area contributed by atoms with Gasteiger partial charge in [-0.2, -0.15) is 13.2 Å². The van der Waals surface area contributed by atoms with Crippen LogP contribution >= 0.6 is 22.9 Å². The molecule has 28 heavy (non-hydrogen) atoms. The number of rotatable bonds is 5. The van der Waals surface area contributed by atoms with E-state index in [9.17, 15) is 21.6 Å². The number of sulfonamides is 1. The summed E-state index contributed by atoms with van der Waals surface area (Å²) < 4.78 is 65.4. The molecule has 148 valence electrons. The van der Waals surface area contributed by atoms with Gasteiger partial charge in [0.05, 0.1) is 16.3 Å². The minimum absolute atomic E-state index is 0.00229. The molecule has 0 amide bonds. The van der Waals surface area contributed by atoms with Gasteiger partial charge in [-0.25, -0.2) is 18.1 Å². The highest BCUT2D eigenvalue weighted by atomic mass is 35.5. The summed E-state index contributed by atoms with van der Waals surface area (Å²) in [5.41, 5.74) is 0.389. The van der Waals surface area contributed by atoms with Crippen molar-refractivity contribution in [3.8, 4) is 10.6 Å². The Hall–Kier alpha value is -1.94. The highest BCUT2D eigenvalue weighted by Crippen LogP contribution is 2.33. The van der Waals surface area contributed by atoms with Crippen molar-refractivity contribution >= 4 is 33.0 Å². The van der Waals surface area contributed by atoms with Crippen molar-refractivity contribution in [2.75, 3.05) is 0 Å². The SMILES string of the molecule is Cc1nc(-c2ccc(C(F)(F)F)cc2)sc1CNS(=O)(=O)c1ccccc1Cl. The molecule has 2 aromatic carbocycles. The Morgan fingerprint density at radius 2 is 1.75 bits per heavy atom. The molecular weight excluding hydrogens is 433 g/mol. The molecule has 0 fully saturated rings. The Bertz CT molecular complexity index is 1090. The second kappa shape index (κ2) is 7.82. The quantitative estimate of drug-likeness (QED) is 0.581.